The van der Waals surface area contributed by atoms with Crippen molar-refractivity contribution in [1.29, 1.82) is 0 Å². The molecule has 1 atom stereocenters. The highest BCUT2D eigenvalue weighted by Gasteiger charge is 2.24. The maximum atomic E-state index is 12.2. The number of thioether (sulfide) groups is 1. The van der Waals surface area contributed by atoms with Crippen LogP contribution in [0.4, 0.5) is 5.69 Å². The molecule has 1 heterocycles. The predicted octanol–water partition coefficient (Wildman–Crippen LogP) is 1.20. The Kier molecular flexibility index (Phi) is 5.64. The number of carbonyl (C=O) groups is 2. The summed E-state index contributed by atoms with van der Waals surface area (Å²) in [7, 11) is 0. The number of nitrogens with two attached hydrogens (primary N) is 1. The van der Waals surface area contributed by atoms with Crippen LogP contribution in [-0.2, 0) is 20.7 Å². The highest BCUT2D eigenvalue weighted by molar-refractivity contribution is 8.00. The van der Waals surface area contributed by atoms with Crippen LogP contribution in [-0.4, -0.2) is 42.6 Å². The zero-order chi connectivity index (χ0) is 15.2. The smallest absolute Gasteiger partial charge is 0.323 e. The fraction of sp³-hybridized carbons (Fsp3) is 0.467. The molecular formula is C15H20N2O3S. The van der Waals surface area contributed by atoms with Crippen LogP contribution in [0.15, 0.2) is 24.3 Å². The Labute approximate surface area is 128 Å². The number of hydrogen-bond donors (Lipinski definition) is 1. The molecule has 0 aliphatic carbocycles. The number of hydrogen-bond acceptors (Lipinski definition) is 5. The molecule has 0 spiro atoms. The van der Waals surface area contributed by atoms with Crippen LogP contribution in [0, 0.1) is 0 Å². The minimum absolute atomic E-state index is 0.0565. The number of rotatable bonds is 6. The molecule has 0 fully saturated rings. The van der Waals surface area contributed by atoms with Gasteiger partial charge in [0.25, 0.3) is 0 Å². The largest absolute Gasteiger partial charge is 0.465 e. The highest BCUT2D eigenvalue weighted by Crippen LogP contribution is 2.27. The van der Waals surface area contributed by atoms with E-state index < -0.39 is 12.0 Å². The fourth-order valence-corrected chi connectivity index (χ4v) is 3.10. The molecule has 114 valence electrons. The first-order valence-corrected chi connectivity index (χ1v) is 8.17. The van der Waals surface area contributed by atoms with E-state index in [1.807, 2.05) is 24.3 Å². The first kappa shape index (κ1) is 15.9. The maximum absolute atomic E-state index is 12.2. The first-order chi connectivity index (χ1) is 10.1. The van der Waals surface area contributed by atoms with Gasteiger partial charge in [0.1, 0.15) is 6.04 Å². The van der Waals surface area contributed by atoms with Gasteiger partial charge >= 0.3 is 5.97 Å². The normalized spacial score (nSPS) is 14.7. The summed E-state index contributed by atoms with van der Waals surface area (Å²) in [5.74, 6) is 0.353. The van der Waals surface area contributed by atoms with E-state index in [2.05, 4.69) is 0 Å². The van der Waals surface area contributed by atoms with Gasteiger partial charge in [0.2, 0.25) is 5.91 Å². The molecule has 2 N–H and O–H groups in total. The Balaban J connectivity index is 1.80. The Morgan fingerprint density at radius 1 is 1.43 bits per heavy atom. The molecule has 2 rings (SSSR count). The van der Waals surface area contributed by atoms with E-state index >= 15 is 0 Å². The van der Waals surface area contributed by atoms with Crippen molar-refractivity contribution in [2.45, 2.75) is 19.4 Å². The summed E-state index contributed by atoms with van der Waals surface area (Å²) in [5, 5.41) is 0. The molecule has 0 aromatic heterocycles. The van der Waals surface area contributed by atoms with E-state index in [0.29, 0.717) is 18.1 Å². The van der Waals surface area contributed by atoms with Crippen LogP contribution in [0.3, 0.4) is 0 Å². The minimum Gasteiger partial charge on any atom is -0.465 e. The van der Waals surface area contributed by atoms with Gasteiger partial charge in [0, 0.05) is 18.0 Å². The SMILES string of the molecule is CCOC(=O)C(N)CSCC(=O)N1CCc2ccccc21. The van der Waals surface area contributed by atoms with Gasteiger partial charge in [-0.2, -0.15) is 0 Å². The molecular weight excluding hydrogens is 288 g/mol. The van der Waals surface area contributed by atoms with Crippen molar-refractivity contribution in [2.75, 3.05) is 29.6 Å². The number of benzene rings is 1. The third kappa shape index (κ3) is 3.98. The van der Waals surface area contributed by atoms with Crippen molar-refractivity contribution in [3.05, 3.63) is 29.8 Å². The molecule has 5 nitrogen and oxygen atoms in total. The van der Waals surface area contributed by atoms with Gasteiger partial charge in [0.15, 0.2) is 0 Å². The molecule has 6 heteroatoms. The molecule has 0 saturated carbocycles. The number of anilines is 1. The van der Waals surface area contributed by atoms with Gasteiger partial charge in [-0.15, -0.1) is 11.8 Å². The number of para-hydroxylation sites is 1. The average Bonchev–Trinajstić information content (AvgIpc) is 2.91. The third-order valence-electron chi connectivity index (χ3n) is 3.30. The first-order valence-electron chi connectivity index (χ1n) is 7.01. The van der Waals surface area contributed by atoms with Crippen molar-refractivity contribution >= 4 is 29.3 Å². The lowest BCUT2D eigenvalue weighted by molar-refractivity contribution is -0.144. The minimum atomic E-state index is -0.673. The van der Waals surface area contributed by atoms with E-state index in [9.17, 15) is 9.59 Å². The van der Waals surface area contributed by atoms with Gasteiger partial charge in [0.05, 0.1) is 12.4 Å². The number of carbonyl (C=O) groups excluding carboxylic acids is 2. The van der Waals surface area contributed by atoms with E-state index in [0.717, 1.165) is 18.7 Å². The zero-order valence-corrected chi connectivity index (χ0v) is 12.9. The summed E-state index contributed by atoms with van der Waals surface area (Å²) >= 11 is 1.37. The molecule has 1 unspecified atom stereocenters. The quantitative estimate of drug-likeness (QED) is 0.800. The summed E-state index contributed by atoms with van der Waals surface area (Å²) in [6, 6.07) is 7.27. The summed E-state index contributed by atoms with van der Waals surface area (Å²) < 4.78 is 4.83. The van der Waals surface area contributed by atoms with Gasteiger partial charge in [-0.25, -0.2) is 0 Å². The van der Waals surface area contributed by atoms with E-state index in [1.54, 1.807) is 11.8 Å². The lowest BCUT2D eigenvalue weighted by atomic mass is 10.2. The van der Waals surface area contributed by atoms with Crippen molar-refractivity contribution in [3.8, 4) is 0 Å². The Hall–Kier alpha value is -1.53. The van der Waals surface area contributed by atoms with Crippen molar-refractivity contribution in [2.24, 2.45) is 5.73 Å². The summed E-state index contributed by atoms with van der Waals surface area (Å²) in [6.45, 7) is 2.79. The zero-order valence-electron chi connectivity index (χ0n) is 12.1. The van der Waals surface area contributed by atoms with Crippen LogP contribution < -0.4 is 10.6 Å². The van der Waals surface area contributed by atoms with Gasteiger partial charge in [-0.3, -0.25) is 9.59 Å². The number of amides is 1. The van der Waals surface area contributed by atoms with Crippen LogP contribution in [0.5, 0.6) is 0 Å². The molecule has 1 aliphatic rings. The topological polar surface area (TPSA) is 72.6 Å². The van der Waals surface area contributed by atoms with Gasteiger partial charge < -0.3 is 15.4 Å². The van der Waals surface area contributed by atoms with Crippen LogP contribution >= 0.6 is 11.8 Å². The maximum Gasteiger partial charge on any atom is 0.323 e. The monoisotopic (exact) mass is 308 g/mol. The Morgan fingerprint density at radius 2 is 2.19 bits per heavy atom. The fourth-order valence-electron chi connectivity index (χ4n) is 2.27. The summed E-state index contributed by atoms with van der Waals surface area (Å²) in [4.78, 5) is 25.4. The Bertz CT molecular complexity index is 521. The van der Waals surface area contributed by atoms with Crippen molar-refractivity contribution in [1.82, 2.24) is 0 Å². The van der Waals surface area contributed by atoms with Crippen LogP contribution in [0.1, 0.15) is 12.5 Å². The molecule has 1 aromatic rings. The second-order valence-electron chi connectivity index (χ2n) is 4.80. The highest BCUT2D eigenvalue weighted by atomic mass is 32.2. The van der Waals surface area contributed by atoms with Gasteiger partial charge in [-0.05, 0) is 25.0 Å². The molecule has 0 bridgehead atoms. The second-order valence-corrected chi connectivity index (χ2v) is 5.83. The number of ether oxygens (including phenoxy) is 1. The molecule has 0 radical (unpaired) electrons. The third-order valence-corrected chi connectivity index (χ3v) is 4.35. The molecule has 0 saturated heterocycles. The summed E-state index contributed by atoms with van der Waals surface area (Å²) in [6.07, 6.45) is 0.898. The standard InChI is InChI=1S/C15H20N2O3S/c1-2-20-15(19)12(16)9-21-10-14(18)17-8-7-11-5-3-4-6-13(11)17/h3-6,12H,2,7-10,16H2,1H3. The second kappa shape index (κ2) is 7.47. The predicted molar refractivity (Wildman–Crippen MR) is 84.4 cm³/mol. The lowest BCUT2D eigenvalue weighted by Crippen LogP contribution is -2.36. The molecule has 1 amide bonds. The van der Waals surface area contributed by atoms with E-state index in [1.165, 1.54) is 17.3 Å². The lowest BCUT2D eigenvalue weighted by Gasteiger charge is -2.17. The number of fused-ring (bicyclic) bond motifs is 1. The average molecular weight is 308 g/mol. The van der Waals surface area contributed by atoms with Crippen LogP contribution in [0.25, 0.3) is 0 Å². The van der Waals surface area contributed by atoms with E-state index in [-0.39, 0.29) is 5.91 Å². The number of nitrogens with zero attached hydrogens (tertiary/aromatic N) is 1. The molecule has 1 aliphatic heterocycles. The molecule has 1 aromatic carbocycles. The van der Waals surface area contributed by atoms with Gasteiger partial charge in [-0.1, -0.05) is 18.2 Å². The Morgan fingerprint density at radius 3 is 2.95 bits per heavy atom. The van der Waals surface area contributed by atoms with Crippen molar-refractivity contribution in [3.63, 3.8) is 0 Å². The van der Waals surface area contributed by atoms with Crippen molar-refractivity contribution < 1.29 is 14.3 Å². The van der Waals surface area contributed by atoms with Crippen LogP contribution in [0.2, 0.25) is 0 Å². The number of esters is 1. The van der Waals surface area contributed by atoms with E-state index in [4.69, 9.17) is 10.5 Å². The summed E-state index contributed by atoms with van der Waals surface area (Å²) in [5.41, 5.74) is 7.90. The molecule has 21 heavy (non-hydrogen) atoms.